The number of Topliss-reactive ketones (excluding diaryl/α,β-unsaturated/α-hetero) is 1. The minimum atomic E-state index is -0.775. The molecule has 1 aliphatic rings. The average molecular weight is 433 g/mol. The molecule has 0 spiro atoms. The maximum atomic E-state index is 13.0. The van der Waals surface area contributed by atoms with Crippen molar-refractivity contribution in [1.82, 2.24) is 4.98 Å². The highest BCUT2D eigenvalue weighted by Crippen LogP contribution is 2.42. The van der Waals surface area contributed by atoms with Crippen LogP contribution in [0.15, 0.2) is 78.3 Å². The van der Waals surface area contributed by atoms with Crippen molar-refractivity contribution in [1.29, 1.82) is 0 Å². The van der Waals surface area contributed by atoms with Gasteiger partial charge >= 0.3 is 5.91 Å². The number of aliphatic hydroxyl groups is 1. The molecule has 0 saturated carbocycles. The van der Waals surface area contributed by atoms with Gasteiger partial charge in [-0.25, -0.2) is 4.98 Å². The Morgan fingerprint density at radius 2 is 1.90 bits per heavy atom. The molecular formula is C24H20N2O4S. The Labute approximate surface area is 183 Å². The van der Waals surface area contributed by atoms with Crippen LogP contribution in [-0.2, 0) is 9.59 Å². The van der Waals surface area contributed by atoms with Gasteiger partial charge in [0.15, 0.2) is 5.13 Å². The van der Waals surface area contributed by atoms with E-state index in [1.54, 1.807) is 41.9 Å². The number of nitrogens with zero attached hydrogens (tertiary/aromatic N) is 2. The molecule has 2 heterocycles. The van der Waals surface area contributed by atoms with Gasteiger partial charge in [-0.1, -0.05) is 42.5 Å². The molecule has 1 fully saturated rings. The van der Waals surface area contributed by atoms with E-state index in [-0.39, 0.29) is 11.3 Å². The highest BCUT2D eigenvalue weighted by atomic mass is 32.1. The van der Waals surface area contributed by atoms with Gasteiger partial charge in [0.1, 0.15) is 18.1 Å². The van der Waals surface area contributed by atoms with E-state index in [0.717, 1.165) is 5.56 Å². The second-order valence-electron chi connectivity index (χ2n) is 7.02. The predicted molar refractivity (Wildman–Crippen MR) is 120 cm³/mol. The van der Waals surface area contributed by atoms with Gasteiger partial charge in [0.2, 0.25) is 0 Å². The van der Waals surface area contributed by atoms with Crippen LogP contribution in [0.2, 0.25) is 0 Å². The Morgan fingerprint density at radius 3 is 2.52 bits per heavy atom. The molecule has 1 amide bonds. The van der Waals surface area contributed by atoms with Crippen molar-refractivity contribution in [2.75, 3.05) is 11.5 Å². The smallest absolute Gasteiger partial charge is 0.301 e. The van der Waals surface area contributed by atoms with Crippen molar-refractivity contribution in [2.24, 2.45) is 0 Å². The zero-order chi connectivity index (χ0) is 22.0. The molecule has 7 heteroatoms. The summed E-state index contributed by atoms with van der Waals surface area (Å²) < 4.78 is 5.47. The Morgan fingerprint density at radius 1 is 1.19 bits per heavy atom. The minimum Gasteiger partial charge on any atom is -0.507 e. The molecule has 2 aromatic carbocycles. The highest BCUT2D eigenvalue weighted by molar-refractivity contribution is 7.14. The summed E-state index contributed by atoms with van der Waals surface area (Å²) in [6.45, 7) is 5.92. The molecule has 1 unspecified atom stereocenters. The lowest BCUT2D eigenvalue weighted by Crippen LogP contribution is -2.29. The lowest BCUT2D eigenvalue weighted by molar-refractivity contribution is -0.132. The minimum absolute atomic E-state index is 0.0313. The Balaban J connectivity index is 1.83. The van der Waals surface area contributed by atoms with E-state index < -0.39 is 17.7 Å². The molecule has 31 heavy (non-hydrogen) atoms. The first-order valence-electron chi connectivity index (χ1n) is 9.62. The van der Waals surface area contributed by atoms with Crippen molar-refractivity contribution >= 4 is 33.9 Å². The number of aryl methyl sites for hydroxylation is 1. The Kier molecular flexibility index (Phi) is 5.68. The maximum absolute atomic E-state index is 13.0. The summed E-state index contributed by atoms with van der Waals surface area (Å²) in [6, 6.07) is 13.4. The van der Waals surface area contributed by atoms with Gasteiger partial charge in [-0.2, -0.15) is 0 Å². The molecule has 1 N–H and O–H groups in total. The molecule has 1 atom stereocenters. The molecule has 1 aliphatic heterocycles. The maximum Gasteiger partial charge on any atom is 0.301 e. The number of rotatable bonds is 6. The second-order valence-corrected chi connectivity index (χ2v) is 7.89. The summed E-state index contributed by atoms with van der Waals surface area (Å²) in [6.07, 6.45) is 3.21. The molecule has 1 aromatic heterocycles. The molecule has 6 nitrogen and oxygen atoms in total. The standard InChI is InChI=1S/C24H20N2O4S/c1-3-13-30-18-10-8-17(9-11-18)21(27)19-20(16-6-4-15(2)5-7-16)26(23(29)22(19)28)24-25-12-14-31-24/h3-12,14,20,27H,1,13H2,2H3. The summed E-state index contributed by atoms with van der Waals surface area (Å²) in [5.41, 5.74) is 2.21. The second kappa shape index (κ2) is 8.57. The largest absolute Gasteiger partial charge is 0.507 e. The molecule has 4 rings (SSSR count). The third-order valence-electron chi connectivity index (χ3n) is 4.96. The van der Waals surface area contributed by atoms with Crippen LogP contribution in [0.3, 0.4) is 0 Å². The number of thiazole rings is 1. The first-order valence-corrected chi connectivity index (χ1v) is 10.5. The molecule has 1 saturated heterocycles. The van der Waals surface area contributed by atoms with Gasteiger partial charge < -0.3 is 9.84 Å². The van der Waals surface area contributed by atoms with Crippen molar-refractivity contribution in [2.45, 2.75) is 13.0 Å². The molecule has 0 bridgehead atoms. The van der Waals surface area contributed by atoms with E-state index in [4.69, 9.17) is 4.74 Å². The average Bonchev–Trinajstić information content (AvgIpc) is 3.40. The fraction of sp³-hybridized carbons (Fsp3) is 0.125. The highest BCUT2D eigenvalue weighted by Gasteiger charge is 2.47. The van der Waals surface area contributed by atoms with Crippen LogP contribution < -0.4 is 9.64 Å². The van der Waals surface area contributed by atoms with Gasteiger partial charge in [-0.15, -0.1) is 11.3 Å². The molecule has 156 valence electrons. The number of hydrogen-bond donors (Lipinski definition) is 1. The van der Waals surface area contributed by atoms with Gasteiger partial charge in [0, 0.05) is 17.1 Å². The number of carbonyl (C=O) groups excluding carboxylic acids is 2. The number of hydrogen-bond acceptors (Lipinski definition) is 6. The third kappa shape index (κ3) is 3.87. The van der Waals surface area contributed by atoms with Gasteiger partial charge in [0.25, 0.3) is 5.78 Å². The van der Waals surface area contributed by atoms with Crippen LogP contribution >= 0.6 is 11.3 Å². The van der Waals surface area contributed by atoms with Crippen molar-refractivity contribution in [3.05, 3.63) is 95.0 Å². The number of ether oxygens (including phenoxy) is 1. The van der Waals surface area contributed by atoms with E-state index in [0.29, 0.717) is 28.6 Å². The molecule has 0 radical (unpaired) electrons. The van der Waals surface area contributed by atoms with Crippen LogP contribution in [0, 0.1) is 6.92 Å². The molecule has 0 aliphatic carbocycles. The van der Waals surface area contributed by atoms with E-state index in [2.05, 4.69) is 11.6 Å². The fourth-order valence-corrected chi connectivity index (χ4v) is 4.12. The number of aliphatic hydroxyl groups excluding tert-OH is 1. The lowest BCUT2D eigenvalue weighted by atomic mass is 9.95. The zero-order valence-corrected chi connectivity index (χ0v) is 17.6. The number of carbonyl (C=O) groups is 2. The van der Waals surface area contributed by atoms with Gasteiger partial charge in [0.05, 0.1) is 11.6 Å². The van der Waals surface area contributed by atoms with Crippen LogP contribution in [0.5, 0.6) is 5.75 Å². The van der Waals surface area contributed by atoms with E-state index >= 15 is 0 Å². The number of amides is 1. The van der Waals surface area contributed by atoms with E-state index in [1.165, 1.54) is 16.2 Å². The summed E-state index contributed by atoms with van der Waals surface area (Å²) in [5.74, 6) is -1.09. The number of ketones is 1. The van der Waals surface area contributed by atoms with Crippen LogP contribution in [0.25, 0.3) is 5.76 Å². The molecular weight excluding hydrogens is 412 g/mol. The van der Waals surface area contributed by atoms with E-state index in [1.807, 2.05) is 31.2 Å². The molecule has 3 aromatic rings. The SMILES string of the molecule is C=CCOc1ccc(C(O)=C2C(=O)C(=O)N(c3nccs3)C2c2ccc(C)cc2)cc1. The summed E-state index contributed by atoms with van der Waals surface area (Å²) >= 11 is 1.26. The Bertz CT molecular complexity index is 1150. The van der Waals surface area contributed by atoms with E-state index in [9.17, 15) is 14.7 Å². The van der Waals surface area contributed by atoms with Gasteiger partial charge in [-0.3, -0.25) is 14.5 Å². The normalized spacial score (nSPS) is 17.7. The van der Waals surface area contributed by atoms with Crippen molar-refractivity contribution < 1.29 is 19.4 Å². The van der Waals surface area contributed by atoms with Crippen molar-refractivity contribution in [3.63, 3.8) is 0 Å². The van der Waals surface area contributed by atoms with Crippen LogP contribution in [-0.4, -0.2) is 28.4 Å². The van der Waals surface area contributed by atoms with Crippen LogP contribution in [0.4, 0.5) is 5.13 Å². The monoisotopic (exact) mass is 432 g/mol. The Hall–Kier alpha value is -3.71. The summed E-state index contributed by atoms with van der Waals surface area (Å²) in [5, 5.41) is 13.2. The number of anilines is 1. The zero-order valence-electron chi connectivity index (χ0n) is 16.8. The summed E-state index contributed by atoms with van der Waals surface area (Å²) in [7, 11) is 0. The summed E-state index contributed by atoms with van der Waals surface area (Å²) in [4.78, 5) is 31.5. The van der Waals surface area contributed by atoms with Crippen molar-refractivity contribution in [3.8, 4) is 5.75 Å². The lowest BCUT2D eigenvalue weighted by Gasteiger charge is -2.23. The fourth-order valence-electron chi connectivity index (χ4n) is 3.45. The first-order chi connectivity index (χ1) is 15.0. The number of aromatic nitrogens is 1. The first kappa shape index (κ1) is 20.6. The quantitative estimate of drug-likeness (QED) is 0.266. The number of benzene rings is 2. The van der Waals surface area contributed by atoms with Gasteiger partial charge in [-0.05, 0) is 36.8 Å². The predicted octanol–water partition coefficient (Wildman–Crippen LogP) is 4.64. The van der Waals surface area contributed by atoms with Crippen LogP contribution in [0.1, 0.15) is 22.7 Å². The third-order valence-corrected chi connectivity index (χ3v) is 5.73. The topological polar surface area (TPSA) is 79.7 Å².